The molecule has 1 aliphatic heterocycles. The normalized spacial score (nSPS) is 14.0. The molecule has 5 nitrogen and oxygen atoms in total. The first-order chi connectivity index (χ1) is 13.0. The van der Waals surface area contributed by atoms with Crippen molar-refractivity contribution in [2.24, 2.45) is 0 Å². The van der Waals surface area contributed by atoms with E-state index in [1.807, 2.05) is 39.0 Å². The standard InChI is InChI=1S/C21H23N3O2S/c1-13-12-16(24-10-4-5-11-24)7-8-17(13)23-20(25)19-15(3)22-21(27-19)18-9-6-14(2)26-18/h6-9,12H,4-5,10-11H2,1-3H3,(H,23,25). The van der Waals surface area contributed by atoms with Crippen LogP contribution in [0, 0.1) is 20.8 Å². The molecule has 1 N–H and O–H groups in total. The number of hydrogen-bond donors (Lipinski definition) is 1. The molecule has 0 radical (unpaired) electrons. The van der Waals surface area contributed by atoms with Crippen LogP contribution in [0.15, 0.2) is 34.7 Å². The molecule has 1 saturated heterocycles. The van der Waals surface area contributed by atoms with Crippen LogP contribution in [0.25, 0.3) is 10.8 Å². The van der Waals surface area contributed by atoms with Crippen LogP contribution in [0.3, 0.4) is 0 Å². The SMILES string of the molecule is Cc1ccc(-c2nc(C)c(C(=O)Nc3ccc(N4CCCC4)cc3C)s2)o1. The predicted octanol–water partition coefficient (Wildman–Crippen LogP) is 5.18. The summed E-state index contributed by atoms with van der Waals surface area (Å²) in [5, 5.41) is 3.77. The fourth-order valence-electron chi connectivity index (χ4n) is 3.40. The van der Waals surface area contributed by atoms with Gasteiger partial charge in [0, 0.05) is 24.5 Å². The van der Waals surface area contributed by atoms with Crippen molar-refractivity contribution in [2.75, 3.05) is 23.3 Å². The number of benzene rings is 1. The summed E-state index contributed by atoms with van der Waals surface area (Å²) in [6.45, 7) is 8.01. The highest BCUT2D eigenvalue weighted by Gasteiger charge is 2.19. The molecule has 1 aliphatic rings. The summed E-state index contributed by atoms with van der Waals surface area (Å²) in [6.07, 6.45) is 2.50. The molecule has 0 unspecified atom stereocenters. The van der Waals surface area contributed by atoms with Crippen molar-refractivity contribution in [2.45, 2.75) is 33.6 Å². The zero-order chi connectivity index (χ0) is 19.0. The maximum atomic E-state index is 12.8. The van der Waals surface area contributed by atoms with E-state index in [2.05, 4.69) is 27.3 Å². The topological polar surface area (TPSA) is 58.4 Å². The summed E-state index contributed by atoms with van der Waals surface area (Å²) in [5.41, 5.74) is 3.85. The zero-order valence-corrected chi connectivity index (χ0v) is 16.7. The van der Waals surface area contributed by atoms with E-state index in [1.54, 1.807) is 0 Å². The number of anilines is 2. The average molecular weight is 382 g/mol. The van der Waals surface area contributed by atoms with Crippen LogP contribution < -0.4 is 10.2 Å². The van der Waals surface area contributed by atoms with Gasteiger partial charge in [-0.25, -0.2) is 4.98 Å². The highest BCUT2D eigenvalue weighted by Crippen LogP contribution is 2.31. The zero-order valence-electron chi connectivity index (χ0n) is 15.8. The van der Waals surface area contributed by atoms with E-state index < -0.39 is 0 Å². The van der Waals surface area contributed by atoms with Gasteiger partial charge in [-0.2, -0.15) is 0 Å². The molecule has 0 saturated carbocycles. The average Bonchev–Trinajstić information content (AvgIpc) is 3.37. The third kappa shape index (κ3) is 3.62. The molecular weight excluding hydrogens is 358 g/mol. The van der Waals surface area contributed by atoms with Gasteiger partial charge in [0.2, 0.25) is 0 Å². The second-order valence-electron chi connectivity index (χ2n) is 6.99. The van der Waals surface area contributed by atoms with Gasteiger partial charge in [-0.1, -0.05) is 0 Å². The lowest BCUT2D eigenvalue weighted by molar-refractivity contribution is 0.102. The summed E-state index contributed by atoms with van der Waals surface area (Å²) in [6, 6.07) is 10.0. The fraction of sp³-hybridized carbons (Fsp3) is 0.333. The molecule has 4 rings (SSSR count). The summed E-state index contributed by atoms with van der Waals surface area (Å²) in [7, 11) is 0. The minimum atomic E-state index is -0.128. The molecule has 3 aromatic rings. The number of carbonyl (C=O) groups is 1. The number of aromatic nitrogens is 1. The highest BCUT2D eigenvalue weighted by atomic mass is 32.1. The maximum Gasteiger partial charge on any atom is 0.267 e. The Morgan fingerprint density at radius 2 is 1.93 bits per heavy atom. The largest absolute Gasteiger partial charge is 0.459 e. The van der Waals surface area contributed by atoms with E-state index in [-0.39, 0.29) is 5.91 Å². The van der Waals surface area contributed by atoms with Crippen LogP contribution in [0.2, 0.25) is 0 Å². The number of nitrogens with zero attached hydrogens (tertiary/aromatic N) is 2. The lowest BCUT2D eigenvalue weighted by atomic mass is 10.1. The summed E-state index contributed by atoms with van der Waals surface area (Å²) in [5.74, 6) is 1.40. The number of carbonyl (C=O) groups excluding carboxylic acids is 1. The van der Waals surface area contributed by atoms with Crippen LogP contribution in [0.4, 0.5) is 11.4 Å². The number of amides is 1. The number of nitrogens with one attached hydrogen (secondary N) is 1. The van der Waals surface area contributed by atoms with Crippen molar-refractivity contribution in [3.05, 3.63) is 52.2 Å². The van der Waals surface area contributed by atoms with Gasteiger partial charge in [-0.05, 0) is 69.5 Å². The lowest BCUT2D eigenvalue weighted by Gasteiger charge is -2.19. The molecule has 1 amide bonds. The summed E-state index contributed by atoms with van der Waals surface area (Å²) >= 11 is 1.36. The Labute approximate surface area is 163 Å². The molecule has 2 aromatic heterocycles. The lowest BCUT2D eigenvalue weighted by Crippen LogP contribution is -2.18. The van der Waals surface area contributed by atoms with Gasteiger partial charge in [-0.15, -0.1) is 11.3 Å². The second-order valence-corrected chi connectivity index (χ2v) is 7.99. The first-order valence-corrected chi connectivity index (χ1v) is 10.0. The van der Waals surface area contributed by atoms with E-state index in [1.165, 1.54) is 29.9 Å². The van der Waals surface area contributed by atoms with Crippen LogP contribution in [-0.2, 0) is 0 Å². The van der Waals surface area contributed by atoms with Crippen LogP contribution >= 0.6 is 11.3 Å². The van der Waals surface area contributed by atoms with Gasteiger partial charge in [-0.3, -0.25) is 4.79 Å². The van der Waals surface area contributed by atoms with Gasteiger partial charge >= 0.3 is 0 Å². The van der Waals surface area contributed by atoms with Gasteiger partial charge in [0.05, 0.1) is 5.69 Å². The van der Waals surface area contributed by atoms with Gasteiger partial charge < -0.3 is 14.6 Å². The third-order valence-electron chi connectivity index (χ3n) is 4.88. The van der Waals surface area contributed by atoms with E-state index in [9.17, 15) is 4.79 Å². The molecular formula is C21H23N3O2S. The van der Waals surface area contributed by atoms with E-state index >= 15 is 0 Å². The minimum absolute atomic E-state index is 0.128. The molecule has 1 fully saturated rings. The van der Waals surface area contributed by atoms with Gasteiger partial charge in [0.15, 0.2) is 10.8 Å². The summed E-state index contributed by atoms with van der Waals surface area (Å²) < 4.78 is 5.63. The molecule has 0 bridgehead atoms. The Morgan fingerprint density at radius 3 is 2.59 bits per heavy atom. The second kappa shape index (κ2) is 7.19. The van der Waals surface area contributed by atoms with Crippen molar-refractivity contribution in [3.8, 4) is 10.8 Å². The van der Waals surface area contributed by atoms with Crippen molar-refractivity contribution in [1.82, 2.24) is 4.98 Å². The van der Waals surface area contributed by atoms with Gasteiger partial charge in [0.25, 0.3) is 5.91 Å². The fourth-order valence-corrected chi connectivity index (χ4v) is 4.32. The van der Waals surface area contributed by atoms with E-state index in [0.717, 1.165) is 35.1 Å². The third-order valence-corrected chi connectivity index (χ3v) is 6.05. The number of hydrogen-bond acceptors (Lipinski definition) is 5. The van der Waals surface area contributed by atoms with E-state index in [4.69, 9.17) is 4.42 Å². The Kier molecular flexibility index (Phi) is 4.74. The van der Waals surface area contributed by atoms with Crippen molar-refractivity contribution in [1.29, 1.82) is 0 Å². The molecule has 27 heavy (non-hydrogen) atoms. The number of furan rings is 1. The van der Waals surface area contributed by atoms with Crippen molar-refractivity contribution >= 4 is 28.6 Å². The highest BCUT2D eigenvalue weighted by molar-refractivity contribution is 7.17. The molecule has 0 atom stereocenters. The van der Waals surface area contributed by atoms with Crippen LogP contribution in [0.5, 0.6) is 0 Å². The number of rotatable bonds is 4. The molecule has 1 aromatic carbocycles. The quantitative estimate of drug-likeness (QED) is 0.676. The van der Waals surface area contributed by atoms with Crippen LogP contribution in [0.1, 0.15) is 39.5 Å². The first kappa shape index (κ1) is 17.8. The molecule has 3 heterocycles. The molecule has 6 heteroatoms. The molecule has 0 spiro atoms. The molecule has 0 aliphatic carbocycles. The Bertz CT molecular complexity index is 983. The Morgan fingerprint density at radius 1 is 1.15 bits per heavy atom. The van der Waals surface area contributed by atoms with Crippen LogP contribution in [-0.4, -0.2) is 24.0 Å². The predicted molar refractivity (Wildman–Crippen MR) is 110 cm³/mol. The summed E-state index contributed by atoms with van der Waals surface area (Å²) in [4.78, 5) is 20.3. The number of thiazole rings is 1. The van der Waals surface area contributed by atoms with Crippen molar-refractivity contribution in [3.63, 3.8) is 0 Å². The van der Waals surface area contributed by atoms with Crippen molar-refractivity contribution < 1.29 is 9.21 Å². The number of aryl methyl sites for hydroxylation is 3. The Balaban J connectivity index is 1.53. The minimum Gasteiger partial charge on any atom is -0.459 e. The smallest absolute Gasteiger partial charge is 0.267 e. The first-order valence-electron chi connectivity index (χ1n) is 9.22. The van der Waals surface area contributed by atoms with E-state index in [0.29, 0.717) is 16.3 Å². The monoisotopic (exact) mass is 381 g/mol. The van der Waals surface area contributed by atoms with Gasteiger partial charge in [0.1, 0.15) is 10.6 Å². The molecule has 140 valence electrons. The maximum absolute atomic E-state index is 12.8. The Hall–Kier alpha value is -2.60.